The van der Waals surface area contributed by atoms with Crippen LogP contribution in [0.15, 0.2) is 30.3 Å². The fourth-order valence-corrected chi connectivity index (χ4v) is 5.44. The van der Waals surface area contributed by atoms with Crippen LogP contribution in [0.4, 0.5) is 0 Å². The SMILES string of the molecule is CN(C[C@@H]1CCCN2CCCC[C@@H]12)C(=O)[C@@H]1CC(=O)N(Cc2ccccc2)C1. The lowest BCUT2D eigenvalue weighted by Crippen LogP contribution is -2.51. The zero-order chi connectivity index (χ0) is 19.5. The summed E-state index contributed by atoms with van der Waals surface area (Å²) in [5.41, 5.74) is 1.12. The van der Waals surface area contributed by atoms with Gasteiger partial charge in [-0.05, 0) is 50.3 Å². The Labute approximate surface area is 168 Å². The topological polar surface area (TPSA) is 43.9 Å². The van der Waals surface area contributed by atoms with Gasteiger partial charge in [0.1, 0.15) is 0 Å². The van der Waals surface area contributed by atoms with Gasteiger partial charge in [-0.25, -0.2) is 0 Å². The van der Waals surface area contributed by atoms with E-state index in [1.807, 2.05) is 47.2 Å². The van der Waals surface area contributed by atoms with Crippen molar-refractivity contribution in [2.24, 2.45) is 11.8 Å². The first-order chi connectivity index (χ1) is 13.6. The van der Waals surface area contributed by atoms with E-state index in [1.54, 1.807) is 0 Å². The molecule has 152 valence electrons. The molecule has 0 saturated carbocycles. The van der Waals surface area contributed by atoms with Gasteiger partial charge in [0.05, 0.1) is 5.92 Å². The summed E-state index contributed by atoms with van der Waals surface area (Å²) in [5.74, 6) is 0.649. The van der Waals surface area contributed by atoms with E-state index in [0.717, 1.165) is 12.1 Å². The summed E-state index contributed by atoms with van der Waals surface area (Å²) in [5, 5.41) is 0. The van der Waals surface area contributed by atoms with E-state index in [9.17, 15) is 9.59 Å². The van der Waals surface area contributed by atoms with Gasteiger partial charge in [0.15, 0.2) is 0 Å². The van der Waals surface area contributed by atoms with Crippen LogP contribution in [0.1, 0.15) is 44.1 Å². The molecule has 2 amide bonds. The molecule has 5 heteroatoms. The third-order valence-corrected chi connectivity index (χ3v) is 6.89. The Kier molecular flexibility index (Phi) is 6.00. The second kappa shape index (κ2) is 8.64. The monoisotopic (exact) mass is 383 g/mol. The van der Waals surface area contributed by atoms with Gasteiger partial charge in [0.2, 0.25) is 11.8 Å². The number of hydrogen-bond acceptors (Lipinski definition) is 3. The Hall–Kier alpha value is -1.88. The maximum atomic E-state index is 13.1. The Morgan fingerprint density at radius 3 is 2.71 bits per heavy atom. The van der Waals surface area contributed by atoms with Crippen LogP contribution in [-0.4, -0.2) is 65.8 Å². The molecule has 3 fully saturated rings. The Morgan fingerprint density at radius 1 is 1.11 bits per heavy atom. The van der Waals surface area contributed by atoms with Crippen molar-refractivity contribution in [2.75, 3.05) is 33.2 Å². The molecule has 3 heterocycles. The van der Waals surface area contributed by atoms with Crippen molar-refractivity contribution in [1.82, 2.24) is 14.7 Å². The standard InChI is InChI=1S/C23H33N3O2/c1-24(16-19-10-7-13-25-12-6-5-11-21(19)25)23(28)20-14-22(27)26(17-20)15-18-8-3-2-4-9-18/h2-4,8-9,19-21H,5-7,10-17H2,1H3/t19-,20+,21-/m0/s1. The maximum absolute atomic E-state index is 13.1. The van der Waals surface area contributed by atoms with Gasteiger partial charge in [-0.2, -0.15) is 0 Å². The van der Waals surface area contributed by atoms with Crippen molar-refractivity contribution in [3.05, 3.63) is 35.9 Å². The average molecular weight is 384 g/mol. The van der Waals surface area contributed by atoms with Crippen LogP contribution in [0.5, 0.6) is 0 Å². The average Bonchev–Trinajstić information content (AvgIpc) is 3.08. The molecule has 0 bridgehead atoms. The summed E-state index contributed by atoms with van der Waals surface area (Å²) in [6, 6.07) is 10.7. The first-order valence-electron chi connectivity index (χ1n) is 10.9. The molecule has 0 radical (unpaired) electrons. The predicted molar refractivity (Wildman–Crippen MR) is 110 cm³/mol. The van der Waals surface area contributed by atoms with Gasteiger partial charge in [-0.3, -0.25) is 9.59 Å². The van der Waals surface area contributed by atoms with Crippen LogP contribution >= 0.6 is 0 Å². The second-order valence-corrected chi connectivity index (χ2v) is 8.88. The number of carbonyl (C=O) groups excluding carboxylic acids is 2. The van der Waals surface area contributed by atoms with Crippen LogP contribution in [0.2, 0.25) is 0 Å². The van der Waals surface area contributed by atoms with E-state index in [4.69, 9.17) is 0 Å². The quantitative estimate of drug-likeness (QED) is 0.785. The van der Waals surface area contributed by atoms with Gasteiger partial charge in [-0.15, -0.1) is 0 Å². The van der Waals surface area contributed by atoms with Gasteiger partial charge in [0.25, 0.3) is 0 Å². The van der Waals surface area contributed by atoms with Crippen LogP contribution in [0.3, 0.4) is 0 Å². The van der Waals surface area contributed by atoms with Gasteiger partial charge < -0.3 is 14.7 Å². The summed E-state index contributed by atoms with van der Waals surface area (Å²) < 4.78 is 0. The molecule has 0 spiro atoms. The number of rotatable bonds is 5. The van der Waals surface area contributed by atoms with E-state index >= 15 is 0 Å². The smallest absolute Gasteiger partial charge is 0.227 e. The lowest BCUT2D eigenvalue weighted by molar-refractivity contribution is -0.135. The summed E-state index contributed by atoms with van der Waals surface area (Å²) in [7, 11) is 1.94. The van der Waals surface area contributed by atoms with E-state index < -0.39 is 0 Å². The van der Waals surface area contributed by atoms with Crippen molar-refractivity contribution in [2.45, 2.75) is 51.1 Å². The Balaban J connectivity index is 1.33. The van der Waals surface area contributed by atoms with Gasteiger partial charge in [0, 0.05) is 39.1 Å². The number of likely N-dealkylation sites (tertiary alicyclic amines) is 1. The molecule has 1 aromatic carbocycles. The zero-order valence-electron chi connectivity index (χ0n) is 17.1. The number of hydrogen-bond donors (Lipinski definition) is 0. The number of fused-ring (bicyclic) bond motifs is 1. The summed E-state index contributed by atoms with van der Waals surface area (Å²) in [6.45, 7) is 4.45. The fourth-order valence-electron chi connectivity index (χ4n) is 5.44. The number of nitrogens with zero attached hydrogens (tertiary/aromatic N) is 3. The van der Waals surface area contributed by atoms with E-state index in [1.165, 1.54) is 45.2 Å². The largest absolute Gasteiger partial charge is 0.345 e. The number of amides is 2. The highest BCUT2D eigenvalue weighted by Crippen LogP contribution is 2.32. The van der Waals surface area contributed by atoms with Crippen LogP contribution < -0.4 is 0 Å². The molecule has 0 aromatic heterocycles. The van der Waals surface area contributed by atoms with Crippen LogP contribution in [0.25, 0.3) is 0 Å². The molecule has 3 aliphatic rings. The minimum Gasteiger partial charge on any atom is -0.345 e. The molecular formula is C23H33N3O2. The first-order valence-corrected chi connectivity index (χ1v) is 10.9. The first kappa shape index (κ1) is 19.4. The summed E-state index contributed by atoms with van der Waals surface area (Å²) in [4.78, 5) is 31.9. The van der Waals surface area contributed by atoms with Crippen LogP contribution in [0, 0.1) is 11.8 Å². The van der Waals surface area contributed by atoms with Gasteiger partial charge in [-0.1, -0.05) is 36.8 Å². The predicted octanol–water partition coefficient (Wildman–Crippen LogP) is 2.76. The molecule has 0 unspecified atom stereocenters. The summed E-state index contributed by atoms with van der Waals surface area (Å²) >= 11 is 0. The normalized spacial score (nSPS) is 28.2. The van der Waals surface area contributed by atoms with Crippen LogP contribution in [-0.2, 0) is 16.1 Å². The Morgan fingerprint density at radius 2 is 1.89 bits per heavy atom. The lowest BCUT2D eigenvalue weighted by atomic mass is 9.83. The van der Waals surface area contributed by atoms with Crippen molar-refractivity contribution in [3.8, 4) is 0 Å². The molecule has 3 saturated heterocycles. The maximum Gasteiger partial charge on any atom is 0.227 e. The lowest BCUT2D eigenvalue weighted by Gasteiger charge is -2.45. The van der Waals surface area contributed by atoms with Crippen molar-refractivity contribution < 1.29 is 9.59 Å². The molecule has 1 aromatic rings. The fraction of sp³-hybridized carbons (Fsp3) is 0.652. The number of benzene rings is 1. The molecule has 4 rings (SSSR count). The highest BCUT2D eigenvalue weighted by atomic mass is 16.2. The second-order valence-electron chi connectivity index (χ2n) is 8.88. The van der Waals surface area contributed by atoms with Gasteiger partial charge >= 0.3 is 0 Å². The molecule has 0 aliphatic carbocycles. The number of carbonyl (C=O) groups is 2. The molecular weight excluding hydrogens is 350 g/mol. The highest BCUT2D eigenvalue weighted by Gasteiger charge is 2.38. The van der Waals surface area contributed by atoms with Crippen molar-refractivity contribution in [3.63, 3.8) is 0 Å². The minimum absolute atomic E-state index is 0.103. The Bertz CT molecular complexity index is 690. The highest BCUT2D eigenvalue weighted by molar-refractivity contribution is 5.89. The molecule has 3 atom stereocenters. The third-order valence-electron chi connectivity index (χ3n) is 6.89. The van der Waals surface area contributed by atoms with E-state index in [0.29, 0.717) is 31.5 Å². The summed E-state index contributed by atoms with van der Waals surface area (Å²) in [6.07, 6.45) is 6.74. The minimum atomic E-state index is -0.188. The molecule has 28 heavy (non-hydrogen) atoms. The van der Waals surface area contributed by atoms with Crippen molar-refractivity contribution in [1.29, 1.82) is 0 Å². The molecule has 5 nitrogen and oxygen atoms in total. The number of piperidine rings is 2. The van der Waals surface area contributed by atoms with E-state index in [-0.39, 0.29) is 17.7 Å². The molecule has 0 N–H and O–H groups in total. The van der Waals surface area contributed by atoms with E-state index in [2.05, 4.69) is 4.90 Å². The molecule has 3 aliphatic heterocycles. The van der Waals surface area contributed by atoms with Crippen molar-refractivity contribution >= 4 is 11.8 Å². The zero-order valence-corrected chi connectivity index (χ0v) is 17.1. The third kappa shape index (κ3) is 4.24.